The van der Waals surface area contributed by atoms with E-state index in [1.54, 1.807) is 0 Å². The highest BCUT2D eigenvalue weighted by Crippen LogP contribution is 2.19. The van der Waals surface area contributed by atoms with Gasteiger partial charge in [0, 0.05) is 17.1 Å². The number of carbonyl (C=O) groups is 2. The zero-order valence-electron chi connectivity index (χ0n) is 15.8. The lowest BCUT2D eigenvalue weighted by molar-refractivity contribution is -0.896. The zero-order chi connectivity index (χ0) is 18.9. The fourth-order valence-corrected chi connectivity index (χ4v) is 3.49. The molecule has 2 rings (SSSR count). The first-order valence-corrected chi connectivity index (χ1v) is 9.84. The average Bonchev–Trinajstić information content (AvgIpc) is 2.65. The van der Waals surface area contributed by atoms with Gasteiger partial charge in [0.05, 0.1) is 26.2 Å². The molecule has 26 heavy (non-hydrogen) atoms. The minimum absolute atomic E-state index is 0.100. The van der Waals surface area contributed by atoms with E-state index < -0.39 is 0 Å². The number of piperazine rings is 1. The number of hydrogen-bond donors (Lipinski definition) is 3. The van der Waals surface area contributed by atoms with Crippen LogP contribution in [0.25, 0.3) is 0 Å². The van der Waals surface area contributed by atoms with Crippen molar-refractivity contribution in [3.8, 4) is 0 Å². The molecule has 1 fully saturated rings. The molecule has 4 N–H and O–H groups in total. The minimum Gasteiger partial charge on any atom is -0.351 e. The molecule has 0 aliphatic carbocycles. The first-order chi connectivity index (χ1) is 12.5. The van der Waals surface area contributed by atoms with Gasteiger partial charge in [0.2, 0.25) is 0 Å². The van der Waals surface area contributed by atoms with Crippen LogP contribution in [0.5, 0.6) is 0 Å². The molecule has 0 aromatic heterocycles. The van der Waals surface area contributed by atoms with Gasteiger partial charge in [-0.15, -0.1) is 0 Å². The molecular weight excluding hydrogens is 352 g/mol. The van der Waals surface area contributed by atoms with E-state index in [0.29, 0.717) is 26.2 Å². The van der Waals surface area contributed by atoms with Crippen LogP contribution in [-0.4, -0.2) is 62.5 Å². The minimum atomic E-state index is 0.100. The summed E-state index contributed by atoms with van der Waals surface area (Å²) in [5.41, 5.74) is 1.05. The molecule has 144 valence electrons. The second kappa shape index (κ2) is 10.5. The lowest BCUT2D eigenvalue weighted by Gasteiger charge is -2.31. The molecule has 1 aliphatic heterocycles. The lowest BCUT2D eigenvalue weighted by atomic mass is 10.1. The molecule has 6 nitrogen and oxygen atoms in total. The molecule has 0 unspecified atom stereocenters. The molecule has 1 aromatic rings. The van der Waals surface area contributed by atoms with Gasteiger partial charge in [-0.2, -0.15) is 0 Å². The van der Waals surface area contributed by atoms with Crippen LogP contribution in [0, 0.1) is 0 Å². The molecule has 7 heteroatoms. The van der Waals surface area contributed by atoms with E-state index in [1.165, 1.54) is 4.90 Å². The predicted octanol–water partition coefficient (Wildman–Crippen LogP) is -0.782. The maximum absolute atomic E-state index is 12.5. The van der Waals surface area contributed by atoms with Crippen LogP contribution < -0.4 is 15.5 Å². The van der Waals surface area contributed by atoms with Crippen molar-refractivity contribution < 1.29 is 19.8 Å². The van der Waals surface area contributed by atoms with Crippen LogP contribution in [0.3, 0.4) is 0 Å². The first-order valence-electron chi connectivity index (χ1n) is 9.47. The Bertz CT molecular complexity index is 603. The SMILES string of the molecule is CCCNC(=O)C[NH+]1CCN(C(=O)C[NH2+][C@@H](C)c2ccccc2Cl)CC1. The van der Waals surface area contributed by atoms with Gasteiger partial charge in [-0.05, 0) is 19.4 Å². The second-order valence-corrected chi connectivity index (χ2v) is 7.31. The van der Waals surface area contributed by atoms with Crippen LogP contribution in [0.1, 0.15) is 31.9 Å². The molecule has 0 bridgehead atoms. The summed E-state index contributed by atoms with van der Waals surface area (Å²) in [5.74, 6) is 0.252. The van der Waals surface area contributed by atoms with Crippen molar-refractivity contribution in [3.05, 3.63) is 34.9 Å². The van der Waals surface area contributed by atoms with Gasteiger partial charge < -0.3 is 20.4 Å². The van der Waals surface area contributed by atoms with Crippen molar-refractivity contribution in [2.75, 3.05) is 45.8 Å². The molecule has 0 saturated carbocycles. The van der Waals surface area contributed by atoms with E-state index in [9.17, 15) is 9.59 Å². The summed E-state index contributed by atoms with van der Waals surface area (Å²) in [4.78, 5) is 27.4. The van der Waals surface area contributed by atoms with Gasteiger partial charge in [-0.1, -0.05) is 36.7 Å². The van der Waals surface area contributed by atoms with E-state index >= 15 is 0 Å². The van der Waals surface area contributed by atoms with Crippen molar-refractivity contribution in [1.82, 2.24) is 10.2 Å². The topological polar surface area (TPSA) is 70.5 Å². The number of nitrogens with zero attached hydrogens (tertiary/aromatic N) is 1. The Morgan fingerprint density at radius 2 is 2.00 bits per heavy atom. The van der Waals surface area contributed by atoms with Gasteiger partial charge in [-0.3, -0.25) is 9.59 Å². The fourth-order valence-electron chi connectivity index (χ4n) is 3.18. The molecular formula is C19H31ClN4O2+2. The van der Waals surface area contributed by atoms with Gasteiger partial charge >= 0.3 is 0 Å². The molecule has 1 heterocycles. The number of halogens is 1. The summed E-state index contributed by atoms with van der Waals surface area (Å²) in [5, 5.41) is 5.68. The Morgan fingerprint density at radius 3 is 2.65 bits per heavy atom. The zero-order valence-corrected chi connectivity index (χ0v) is 16.5. The molecule has 1 aromatic carbocycles. The van der Waals surface area contributed by atoms with Gasteiger partial charge in [0.1, 0.15) is 6.04 Å². The number of nitrogens with two attached hydrogens (primary N) is 1. The second-order valence-electron chi connectivity index (χ2n) is 6.91. The van der Waals surface area contributed by atoms with E-state index in [1.807, 2.05) is 41.4 Å². The van der Waals surface area contributed by atoms with Crippen LogP contribution in [0.2, 0.25) is 5.02 Å². The smallest absolute Gasteiger partial charge is 0.278 e. The van der Waals surface area contributed by atoms with E-state index in [4.69, 9.17) is 11.6 Å². The van der Waals surface area contributed by atoms with Crippen LogP contribution in [0.4, 0.5) is 0 Å². The van der Waals surface area contributed by atoms with Crippen molar-refractivity contribution in [1.29, 1.82) is 0 Å². The summed E-state index contributed by atoms with van der Waals surface area (Å²) < 4.78 is 0. The Balaban J connectivity index is 1.71. The summed E-state index contributed by atoms with van der Waals surface area (Å²) in [7, 11) is 0. The van der Waals surface area contributed by atoms with Crippen LogP contribution >= 0.6 is 11.6 Å². The summed E-state index contributed by atoms with van der Waals surface area (Å²) in [6, 6.07) is 7.89. The number of benzene rings is 1. The third-order valence-electron chi connectivity index (χ3n) is 4.85. The standard InChI is InChI=1S/C19H29ClN4O2/c1-3-8-21-18(25)14-23-9-11-24(12-10-23)19(26)13-22-15(2)16-6-4-5-7-17(16)20/h4-7,15,22H,3,8-14H2,1-2H3,(H,21,25)/p+2/t15-/m0/s1. The maximum atomic E-state index is 12.5. The highest BCUT2D eigenvalue weighted by Gasteiger charge is 2.26. The third-order valence-corrected chi connectivity index (χ3v) is 5.19. The highest BCUT2D eigenvalue weighted by molar-refractivity contribution is 6.31. The van der Waals surface area contributed by atoms with Crippen LogP contribution in [-0.2, 0) is 9.59 Å². The maximum Gasteiger partial charge on any atom is 0.278 e. The Labute approximate surface area is 160 Å². The largest absolute Gasteiger partial charge is 0.351 e. The monoisotopic (exact) mass is 382 g/mol. The highest BCUT2D eigenvalue weighted by atomic mass is 35.5. The molecule has 0 spiro atoms. The van der Waals surface area contributed by atoms with Crippen molar-refractivity contribution >= 4 is 23.4 Å². The first kappa shape index (κ1) is 20.7. The van der Waals surface area contributed by atoms with E-state index in [-0.39, 0.29) is 17.9 Å². The summed E-state index contributed by atoms with van der Waals surface area (Å²) in [6.07, 6.45) is 0.951. The lowest BCUT2D eigenvalue weighted by Crippen LogP contribution is -3.16. The molecule has 1 atom stereocenters. The number of hydrogen-bond acceptors (Lipinski definition) is 2. The number of quaternary nitrogens is 2. The third kappa shape index (κ3) is 6.27. The summed E-state index contributed by atoms with van der Waals surface area (Å²) in [6.45, 7) is 8.82. The van der Waals surface area contributed by atoms with E-state index in [2.05, 4.69) is 12.2 Å². The Morgan fingerprint density at radius 1 is 1.31 bits per heavy atom. The molecule has 1 aliphatic rings. The Kier molecular flexibility index (Phi) is 8.35. The van der Waals surface area contributed by atoms with Gasteiger partial charge in [0.25, 0.3) is 11.8 Å². The fraction of sp³-hybridized carbons (Fsp3) is 0.579. The summed E-state index contributed by atoms with van der Waals surface area (Å²) >= 11 is 6.22. The van der Waals surface area contributed by atoms with Gasteiger partial charge in [-0.25, -0.2) is 0 Å². The van der Waals surface area contributed by atoms with Crippen molar-refractivity contribution in [2.24, 2.45) is 0 Å². The predicted molar refractivity (Wildman–Crippen MR) is 102 cm³/mol. The molecule has 1 saturated heterocycles. The van der Waals surface area contributed by atoms with Crippen molar-refractivity contribution in [2.45, 2.75) is 26.3 Å². The molecule has 0 radical (unpaired) electrons. The normalized spacial score (nSPS) is 16.3. The number of rotatable bonds is 8. The number of carbonyl (C=O) groups excluding carboxylic acids is 2. The number of nitrogens with one attached hydrogen (secondary N) is 2. The quantitative estimate of drug-likeness (QED) is 0.552. The average molecular weight is 383 g/mol. The number of amides is 2. The van der Waals surface area contributed by atoms with Gasteiger partial charge in [0.15, 0.2) is 13.1 Å². The molecule has 2 amide bonds. The van der Waals surface area contributed by atoms with E-state index in [0.717, 1.165) is 36.6 Å². The van der Waals surface area contributed by atoms with Crippen LogP contribution in [0.15, 0.2) is 24.3 Å². The van der Waals surface area contributed by atoms with Crippen molar-refractivity contribution in [3.63, 3.8) is 0 Å². The Hall–Kier alpha value is -1.63.